The molecule has 0 aliphatic heterocycles. The van der Waals surface area contributed by atoms with Gasteiger partial charge in [-0.3, -0.25) is 14.2 Å². The van der Waals surface area contributed by atoms with Crippen LogP contribution >= 0.6 is 0 Å². The van der Waals surface area contributed by atoms with E-state index in [-0.39, 0.29) is 17.5 Å². The molecule has 31 heavy (non-hydrogen) atoms. The van der Waals surface area contributed by atoms with Gasteiger partial charge in [0.05, 0.1) is 18.1 Å². The summed E-state index contributed by atoms with van der Waals surface area (Å²) in [6.07, 6.45) is -4.85. The van der Waals surface area contributed by atoms with Gasteiger partial charge in [0.1, 0.15) is 11.8 Å². The molecule has 0 fully saturated rings. The van der Waals surface area contributed by atoms with Crippen molar-refractivity contribution in [2.24, 2.45) is 0 Å². The van der Waals surface area contributed by atoms with Crippen LogP contribution in [0.5, 0.6) is 5.75 Å². The first-order valence-corrected chi connectivity index (χ1v) is 9.62. The molecule has 1 aromatic heterocycles. The number of ether oxygens (including phenoxy) is 1. The van der Waals surface area contributed by atoms with Crippen molar-refractivity contribution >= 4 is 22.6 Å². The smallest absolute Gasteiger partial charge is 0.438 e. The molecule has 0 aliphatic rings. The lowest BCUT2D eigenvalue weighted by Gasteiger charge is -2.22. The van der Waals surface area contributed by atoms with Crippen molar-refractivity contribution in [3.8, 4) is 5.75 Å². The fraction of sp³-hybridized carbons (Fsp3) is 0.318. The quantitative estimate of drug-likeness (QED) is 0.637. The molecule has 0 bridgehead atoms. The number of benzene rings is 2. The van der Waals surface area contributed by atoms with Crippen LogP contribution in [0.4, 0.5) is 18.9 Å². The highest BCUT2D eigenvalue weighted by atomic mass is 19.4. The standard InChI is InChI=1S/C22H22F3N3O3/c1-5-17(20(29)26-14-6-8-15(31-4)9-7-14)28-18-11-13(3)12(2)10-16(18)27-19(21(28)30)22(23,24)25/h6-11,17H,5H2,1-4H3,(H,26,29)/t17-/m1/s1. The zero-order chi connectivity index (χ0) is 22.9. The summed E-state index contributed by atoms with van der Waals surface area (Å²) in [6.45, 7) is 5.15. The zero-order valence-electron chi connectivity index (χ0n) is 17.5. The molecule has 0 aliphatic carbocycles. The Morgan fingerprint density at radius 1 is 1.16 bits per heavy atom. The molecule has 1 heterocycles. The van der Waals surface area contributed by atoms with Crippen LogP contribution in [0.25, 0.3) is 11.0 Å². The molecular weight excluding hydrogens is 411 g/mol. The van der Waals surface area contributed by atoms with Gasteiger partial charge in [0.25, 0.3) is 5.56 Å². The van der Waals surface area contributed by atoms with Gasteiger partial charge in [-0.05, 0) is 67.8 Å². The molecule has 0 spiro atoms. The molecule has 3 aromatic rings. The maximum Gasteiger partial charge on any atom is 0.438 e. The lowest BCUT2D eigenvalue weighted by molar-refractivity contribution is -0.142. The third kappa shape index (κ3) is 4.40. The highest BCUT2D eigenvalue weighted by Crippen LogP contribution is 2.29. The number of aromatic nitrogens is 2. The van der Waals surface area contributed by atoms with Gasteiger partial charge < -0.3 is 10.1 Å². The molecule has 3 rings (SSSR count). The first-order chi connectivity index (χ1) is 14.6. The summed E-state index contributed by atoms with van der Waals surface area (Å²) in [5.74, 6) is -0.0179. The van der Waals surface area contributed by atoms with Gasteiger partial charge in [-0.15, -0.1) is 0 Å². The van der Waals surface area contributed by atoms with E-state index in [9.17, 15) is 22.8 Å². The van der Waals surface area contributed by atoms with Gasteiger partial charge in [-0.25, -0.2) is 4.98 Å². The fourth-order valence-electron chi connectivity index (χ4n) is 3.34. The first-order valence-electron chi connectivity index (χ1n) is 9.62. The van der Waals surface area contributed by atoms with Crippen LogP contribution in [-0.2, 0) is 11.0 Å². The summed E-state index contributed by atoms with van der Waals surface area (Å²) in [5, 5.41) is 2.66. The average Bonchev–Trinajstić information content (AvgIpc) is 2.71. The number of methoxy groups -OCH3 is 1. The number of halogens is 3. The molecule has 6 nitrogen and oxygen atoms in total. The summed E-state index contributed by atoms with van der Waals surface area (Å²) in [4.78, 5) is 29.4. The Labute approximate surface area is 176 Å². The minimum Gasteiger partial charge on any atom is -0.497 e. The first kappa shape index (κ1) is 22.3. The van der Waals surface area contributed by atoms with Crippen LogP contribution in [-0.4, -0.2) is 22.6 Å². The Kier molecular flexibility index (Phi) is 6.06. The number of nitrogens with zero attached hydrogens (tertiary/aromatic N) is 2. The number of aryl methyl sites for hydroxylation is 2. The van der Waals surface area contributed by atoms with Crippen molar-refractivity contribution in [3.05, 3.63) is 63.6 Å². The Morgan fingerprint density at radius 3 is 2.32 bits per heavy atom. The number of fused-ring (bicyclic) bond motifs is 1. The second-order valence-corrected chi connectivity index (χ2v) is 7.20. The minimum atomic E-state index is -4.95. The maximum absolute atomic E-state index is 13.5. The van der Waals surface area contributed by atoms with Crippen molar-refractivity contribution in [1.82, 2.24) is 9.55 Å². The predicted molar refractivity (Wildman–Crippen MR) is 111 cm³/mol. The summed E-state index contributed by atoms with van der Waals surface area (Å²) in [7, 11) is 1.50. The van der Waals surface area contributed by atoms with E-state index < -0.39 is 29.4 Å². The van der Waals surface area contributed by atoms with Crippen LogP contribution < -0.4 is 15.6 Å². The van der Waals surface area contributed by atoms with E-state index in [4.69, 9.17) is 4.74 Å². The zero-order valence-corrected chi connectivity index (χ0v) is 17.5. The van der Waals surface area contributed by atoms with E-state index in [1.54, 1.807) is 51.1 Å². The molecule has 164 valence electrons. The molecule has 1 amide bonds. The topological polar surface area (TPSA) is 73.2 Å². The predicted octanol–water partition coefficient (Wildman–Crippen LogP) is 4.63. The molecule has 1 atom stereocenters. The third-order valence-electron chi connectivity index (χ3n) is 5.13. The third-order valence-corrected chi connectivity index (χ3v) is 5.13. The SMILES string of the molecule is CC[C@H](C(=O)Nc1ccc(OC)cc1)n1c(=O)c(C(F)(F)F)nc2cc(C)c(C)cc21. The molecule has 9 heteroatoms. The van der Waals surface area contributed by atoms with E-state index in [0.717, 1.165) is 15.7 Å². The largest absolute Gasteiger partial charge is 0.497 e. The number of hydrogen-bond acceptors (Lipinski definition) is 4. The van der Waals surface area contributed by atoms with Crippen LogP contribution in [0.15, 0.2) is 41.2 Å². The second kappa shape index (κ2) is 8.41. The average molecular weight is 433 g/mol. The second-order valence-electron chi connectivity index (χ2n) is 7.20. The van der Waals surface area contributed by atoms with Gasteiger partial charge in [-0.1, -0.05) is 6.92 Å². The normalized spacial score (nSPS) is 12.6. The van der Waals surface area contributed by atoms with Crippen molar-refractivity contribution in [2.75, 3.05) is 12.4 Å². The van der Waals surface area contributed by atoms with Crippen molar-refractivity contribution in [1.29, 1.82) is 0 Å². The van der Waals surface area contributed by atoms with Gasteiger partial charge in [0.15, 0.2) is 0 Å². The van der Waals surface area contributed by atoms with E-state index in [2.05, 4.69) is 10.3 Å². The number of anilines is 1. The Morgan fingerprint density at radius 2 is 1.77 bits per heavy atom. The van der Waals surface area contributed by atoms with E-state index in [0.29, 0.717) is 11.4 Å². The van der Waals surface area contributed by atoms with E-state index >= 15 is 0 Å². The van der Waals surface area contributed by atoms with Crippen LogP contribution in [0.3, 0.4) is 0 Å². The number of amides is 1. The molecule has 2 aromatic carbocycles. The van der Waals surface area contributed by atoms with Crippen molar-refractivity contribution in [2.45, 2.75) is 39.4 Å². The lowest BCUT2D eigenvalue weighted by atomic mass is 10.1. The number of carbonyl (C=O) groups excluding carboxylic acids is 1. The summed E-state index contributed by atoms with van der Waals surface area (Å²) >= 11 is 0. The Hall–Kier alpha value is -3.36. The summed E-state index contributed by atoms with van der Waals surface area (Å²) in [6, 6.07) is 8.39. The van der Waals surface area contributed by atoms with Gasteiger partial charge >= 0.3 is 6.18 Å². The van der Waals surface area contributed by atoms with E-state index in [1.807, 2.05) is 0 Å². The van der Waals surface area contributed by atoms with Crippen LogP contribution in [0, 0.1) is 13.8 Å². The molecule has 0 unspecified atom stereocenters. The Balaban J connectivity index is 2.16. The number of rotatable bonds is 5. The summed E-state index contributed by atoms with van der Waals surface area (Å²) in [5.41, 5.74) is -0.775. The van der Waals surface area contributed by atoms with Crippen molar-refractivity contribution in [3.63, 3.8) is 0 Å². The highest BCUT2D eigenvalue weighted by Gasteiger charge is 2.38. The van der Waals surface area contributed by atoms with Crippen molar-refractivity contribution < 1.29 is 22.7 Å². The lowest BCUT2D eigenvalue weighted by Crippen LogP contribution is -2.37. The molecule has 0 saturated carbocycles. The number of nitrogens with one attached hydrogen (secondary N) is 1. The van der Waals surface area contributed by atoms with E-state index in [1.165, 1.54) is 13.2 Å². The highest BCUT2D eigenvalue weighted by molar-refractivity contribution is 5.94. The Bertz CT molecular complexity index is 1190. The number of alkyl halides is 3. The minimum absolute atomic E-state index is 0.00530. The number of carbonyl (C=O) groups is 1. The molecule has 0 radical (unpaired) electrons. The molecule has 1 N–H and O–H groups in total. The van der Waals surface area contributed by atoms with Crippen LogP contribution in [0.2, 0.25) is 0 Å². The van der Waals surface area contributed by atoms with Crippen LogP contribution in [0.1, 0.15) is 36.2 Å². The maximum atomic E-state index is 13.5. The van der Waals surface area contributed by atoms with Gasteiger partial charge in [0.2, 0.25) is 11.6 Å². The molecule has 0 saturated heterocycles. The number of hydrogen-bond donors (Lipinski definition) is 1. The van der Waals surface area contributed by atoms with Gasteiger partial charge in [-0.2, -0.15) is 13.2 Å². The van der Waals surface area contributed by atoms with Gasteiger partial charge in [0, 0.05) is 5.69 Å². The molecular formula is C22H22F3N3O3. The monoisotopic (exact) mass is 433 g/mol. The fourth-order valence-corrected chi connectivity index (χ4v) is 3.34. The summed E-state index contributed by atoms with van der Waals surface area (Å²) < 4.78 is 46.6.